The molecule has 0 saturated heterocycles. The molecule has 0 aliphatic carbocycles. The third kappa shape index (κ3) is 5.23. The summed E-state index contributed by atoms with van der Waals surface area (Å²) in [7, 11) is 0. The molecular formula is C30H24FNO4. The summed E-state index contributed by atoms with van der Waals surface area (Å²) < 4.78 is 25.4. The molecule has 6 heteroatoms. The second kappa shape index (κ2) is 10.4. The Morgan fingerprint density at radius 1 is 0.889 bits per heavy atom. The summed E-state index contributed by atoms with van der Waals surface area (Å²) in [5.41, 5.74) is 4.80. The fraction of sp³-hybridized carbons (Fsp3) is 0.100. The van der Waals surface area contributed by atoms with E-state index >= 15 is 0 Å². The average molecular weight is 482 g/mol. The fourth-order valence-corrected chi connectivity index (χ4v) is 4.14. The molecule has 4 aromatic rings. The Morgan fingerprint density at radius 3 is 2.36 bits per heavy atom. The van der Waals surface area contributed by atoms with Crippen molar-refractivity contribution in [1.82, 2.24) is 0 Å². The number of aliphatic hydroxyl groups excluding tert-OH is 1. The standard InChI is InChI=1S/C30H24FNO4/c31-24-12-14-27(32-30(34)36-18-21-9-5-2-6-10-21)26(17-24)22-11-13-25-28(16-22)35-19-23(29(25)33)15-20-7-3-1-4-8-20/h1-14,16-17,33H,15,18-19H2,(H,32,34). The highest BCUT2D eigenvalue weighted by atomic mass is 19.1. The predicted octanol–water partition coefficient (Wildman–Crippen LogP) is 7.15. The molecule has 5 rings (SSSR count). The van der Waals surface area contributed by atoms with E-state index in [0.29, 0.717) is 34.5 Å². The van der Waals surface area contributed by atoms with Crippen molar-refractivity contribution in [2.45, 2.75) is 13.0 Å². The summed E-state index contributed by atoms with van der Waals surface area (Å²) in [6, 6.07) is 28.6. The second-order valence-corrected chi connectivity index (χ2v) is 8.49. The van der Waals surface area contributed by atoms with Gasteiger partial charge < -0.3 is 14.6 Å². The molecule has 36 heavy (non-hydrogen) atoms. The molecule has 5 nitrogen and oxygen atoms in total. The molecule has 0 fully saturated rings. The molecule has 180 valence electrons. The number of nitrogens with one attached hydrogen (secondary N) is 1. The van der Waals surface area contributed by atoms with Crippen LogP contribution in [0.1, 0.15) is 16.7 Å². The summed E-state index contributed by atoms with van der Waals surface area (Å²) >= 11 is 0. The van der Waals surface area contributed by atoms with E-state index in [-0.39, 0.29) is 19.0 Å². The summed E-state index contributed by atoms with van der Waals surface area (Å²) in [6.45, 7) is 0.365. The zero-order valence-electron chi connectivity index (χ0n) is 19.4. The number of benzene rings is 4. The molecule has 2 N–H and O–H groups in total. The van der Waals surface area contributed by atoms with Crippen molar-refractivity contribution in [3.63, 3.8) is 0 Å². The van der Waals surface area contributed by atoms with Gasteiger partial charge in [-0.05, 0) is 47.0 Å². The van der Waals surface area contributed by atoms with Gasteiger partial charge >= 0.3 is 6.09 Å². The maximum atomic E-state index is 14.2. The topological polar surface area (TPSA) is 67.8 Å². The van der Waals surface area contributed by atoms with Crippen LogP contribution >= 0.6 is 0 Å². The van der Waals surface area contributed by atoms with Gasteiger partial charge in [-0.2, -0.15) is 0 Å². The normalized spacial score (nSPS) is 12.5. The van der Waals surface area contributed by atoms with Gasteiger partial charge in [0.25, 0.3) is 0 Å². The van der Waals surface area contributed by atoms with Gasteiger partial charge in [0.05, 0.1) is 11.3 Å². The number of ether oxygens (including phenoxy) is 2. The van der Waals surface area contributed by atoms with E-state index in [9.17, 15) is 14.3 Å². The SMILES string of the molecule is O=C(Nc1ccc(F)cc1-c1ccc2c(c1)OCC(Cc1ccccc1)=C2O)OCc1ccccc1. The minimum absolute atomic E-state index is 0.118. The number of anilines is 1. The summed E-state index contributed by atoms with van der Waals surface area (Å²) in [5.74, 6) is 0.233. The monoisotopic (exact) mass is 481 g/mol. The zero-order chi connectivity index (χ0) is 24.9. The van der Waals surface area contributed by atoms with E-state index in [1.807, 2.05) is 60.7 Å². The van der Waals surface area contributed by atoms with Crippen molar-refractivity contribution >= 4 is 17.5 Å². The molecule has 1 aliphatic heterocycles. The van der Waals surface area contributed by atoms with E-state index < -0.39 is 11.9 Å². The van der Waals surface area contributed by atoms with Crippen LogP contribution in [0.25, 0.3) is 16.9 Å². The van der Waals surface area contributed by atoms with Crippen molar-refractivity contribution < 1.29 is 23.8 Å². The van der Waals surface area contributed by atoms with E-state index in [0.717, 1.165) is 16.7 Å². The number of carbonyl (C=O) groups is 1. The van der Waals surface area contributed by atoms with Crippen LogP contribution in [-0.2, 0) is 17.8 Å². The van der Waals surface area contributed by atoms with Gasteiger partial charge in [0.2, 0.25) is 0 Å². The second-order valence-electron chi connectivity index (χ2n) is 8.49. The lowest BCUT2D eigenvalue weighted by Gasteiger charge is -2.22. The Kier molecular flexibility index (Phi) is 6.67. The lowest BCUT2D eigenvalue weighted by atomic mass is 9.96. The fourth-order valence-electron chi connectivity index (χ4n) is 4.14. The Balaban J connectivity index is 1.37. The van der Waals surface area contributed by atoms with Crippen LogP contribution in [0.2, 0.25) is 0 Å². The van der Waals surface area contributed by atoms with Crippen LogP contribution in [0.3, 0.4) is 0 Å². The largest absolute Gasteiger partial charge is 0.507 e. The molecular weight excluding hydrogens is 457 g/mol. The number of fused-ring (bicyclic) bond motifs is 1. The molecule has 0 radical (unpaired) electrons. The molecule has 1 amide bonds. The Bertz CT molecular complexity index is 1420. The Morgan fingerprint density at radius 2 is 1.61 bits per heavy atom. The number of hydrogen-bond donors (Lipinski definition) is 2. The lowest BCUT2D eigenvalue weighted by molar-refractivity contribution is 0.155. The van der Waals surface area contributed by atoms with Gasteiger partial charge in [0, 0.05) is 17.6 Å². The van der Waals surface area contributed by atoms with Gasteiger partial charge in [-0.25, -0.2) is 9.18 Å². The first-order chi connectivity index (χ1) is 17.6. The summed E-state index contributed by atoms with van der Waals surface area (Å²) in [4.78, 5) is 12.4. The van der Waals surface area contributed by atoms with Crippen molar-refractivity contribution in [2.75, 3.05) is 11.9 Å². The minimum atomic E-state index is -0.646. The first kappa shape index (κ1) is 23.2. The van der Waals surface area contributed by atoms with Crippen LogP contribution in [0.4, 0.5) is 14.9 Å². The van der Waals surface area contributed by atoms with Gasteiger partial charge in [0.1, 0.15) is 30.5 Å². The molecule has 0 aromatic heterocycles. The van der Waals surface area contributed by atoms with Crippen molar-refractivity contribution in [3.8, 4) is 16.9 Å². The number of hydrogen-bond acceptors (Lipinski definition) is 4. The summed E-state index contributed by atoms with van der Waals surface area (Å²) in [6.07, 6.45) is -0.0660. The summed E-state index contributed by atoms with van der Waals surface area (Å²) in [5, 5.41) is 13.6. The first-order valence-electron chi connectivity index (χ1n) is 11.6. The predicted molar refractivity (Wildman–Crippen MR) is 137 cm³/mol. The highest BCUT2D eigenvalue weighted by molar-refractivity contribution is 5.92. The van der Waals surface area contributed by atoms with E-state index in [4.69, 9.17) is 9.47 Å². The van der Waals surface area contributed by atoms with Crippen molar-refractivity contribution in [2.24, 2.45) is 0 Å². The quantitative estimate of drug-likeness (QED) is 0.307. The third-order valence-electron chi connectivity index (χ3n) is 5.98. The van der Waals surface area contributed by atoms with Gasteiger partial charge in [-0.3, -0.25) is 5.32 Å². The molecule has 0 spiro atoms. The Labute approximate surface area is 208 Å². The molecule has 1 heterocycles. The molecule has 0 unspecified atom stereocenters. The number of rotatable bonds is 6. The zero-order valence-corrected chi connectivity index (χ0v) is 19.4. The lowest BCUT2D eigenvalue weighted by Crippen LogP contribution is -2.15. The number of halogens is 1. The van der Waals surface area contributed by atoms with Gasteiger partial charge in [0.15, 0.2) is 0 Å². The van der Waals surface area contributed by atoms with Crippen LogP contribution in [0, 0.1) is 5.82 Å². The third-order valence-corrected chi connectivity index (χ3v) is 5.98. The number of carbonyl (C=O) groups excluding carboxylic acids is 1. The van der Waals surface area contributed by atoms with E-state index in [2.05, 4.69) is 5.32 Å². The molecule has 1 aliphatic rings. The average Bonchev–Trinajstić information content (AvgIpc) is 2.91. The number of aliphatic hydroxyl groups is 1. The highest BCUT2D eigenvalue weighted by Gasteiger charge is 2.21. The van der Waals surface area contributed by atoms with Crippen LogP contribution in [0.15, 0.2) is 103 Å². The van der Waals surface area contributed by atoms with Gasteiger partial charge in [-0.1, -0.05) is 66.7 Å². The smallest absolute Gasteiger partial charge is 0.411 e. The molecule has 0 atom stereocenters. The first-order valence-corrected chi connectivity index (χ1v) is 11.6. The van der Waals surface area contributed by atoms with Crippen molar-refractivity contribution in [3.05, 3.63) is 125 Å². The molecule has 4 aromatic carbocycles. The molecule has 0 bridgehead atoms. The maximum Gasteiger partial charge on any atom is 0.411 e. The van der Waals surface area contributed by atoms with Gasteiger partial charge in [-0.15, -0.1) is 0 Å². The van der Waals surface area contributed by atoms with Crippen LogP contribution in [0.5, 0.6) is 5.75 Å². The Hall–Kier alpha value is -4.58. The number of amides is 1. The van der Waals surface area contributed by atoms with E-state index in [1.165, 1.54) is 18.2 Å². The van der Waals surface area contributed by atoms with Crippen LogP contribution < -0.4 is 10.1 Å². The highest BCUT2D eigenvalue weighted by Crippen LogP contribution is 2.38. The minimum Gasteiger partial charge on any atom is -0.507 e. The van der Waals surface area contributed by atoms with Crippen molar-refractivity contribution in [1.29, 1.82) is 0 Å². The maximum absolute atomic E-state index is 14.2. The van der Waals surface area contributed by atoms with E-state index in [1.54, 1.807) is 18.2 Å². The van der Waals surface area contributed by atoms with Crippen LogP contribution in [-0.4, -0.2) is 17.8 Å². The molecule has 0 saturated carbocycles.